The second-order valence-electron chi connectivity index (χ2n) is 3.49. The van der Waals surface area contributed by atoms with Crippen molar-refractivity contribution in [2.24, 2.45) is 0 Å². The summed E-state index contributed by atoms with van der Waals surface area (Å²) in [5, 5.41) is 7.36. The summed E-state index contributed by atoms with van der Waals surface area (Å²) in [6.45, 7) is -0.716. The van der Waals surface area contributed by atoms with Crippen molar-refractivity contribution in [2.45, 2.75) is 25.4 Å². The summed E-state index contributed by atoms with van der Waals surface area (Å²) in [5.74, 6) is 0.221. The normalized spacial score (nSPS) is 13.2. The Labute approximate surface area is 101 Å². The summed E-state index contributed by atoms with van der Waals surface area (Å²) in [7, 11) is 0. The van der Waals surface area contributed by atoms with Gasteiger partial charge in [0.15, 0.2) is 0 Å². The summed E-state index contributed by atoms with van der Waals surface area (Å²) >= 11 is 5.82. The van der Waals surface area contributed by atoms with Gasteiger partial charge >= 0.3 is 6.55 Å². The molecule has 2 heterocycles. The van der Waals surface area contributed by atoms with Gasteiger partial charge in [-0.05, 0) is 6.92 Å². The average Bonchev–Trinajstić information content (AvgIpc) is 2.86. The molecule has 0 aliphatic rings. The monoisotopic (exact) mass is 261 g/mol. The van der Waals surface area contributed by atoms with E-state index < -0.39 is 6.55 Å². The molecule has 1 atom stereocenters. The molecule has 92 valence electrons. The molecule has 0 N–H and O–H groups in total. The standard InChI is InChI=1S/C9H10ClF2N5/c1-6(10)7-4-16(15-14-7)5-8-13-2-3-17(8)9(11)12/h2-4,6,9H,5H2,1H3. The van der Waals surface area contributed by atoms with Crippen molar-refractivity contribution < 1.29 is 8.78 Å². The molecular formula is C9H10ClF2N5. The van der Waals surface area contributed by atoms with Crippen molar-refractivity contribution in [1.29, 1.82) is 0 Å². The van der Waals surface area contributed by atoms with Gasteiger partial charge < -0.3 is 0 Å². The highest BCUT2D eigenvalue weighted by molar-refractivity contribution is 6.20. The summed E-state index contributed by atoms with van der Waals surface area (Å²) in [5.41, 5.74) is 0.599. The number of aromatic nitrogens is 5. The molecule has 0 amide bonds. The second-order valence-corrected chi connectivity index (χ2v) is 4.14. The van der Waals surface area contributed by atoms with Crippen LogP contribution in [0.25, 0.3) is 0 Å². The molecule has 0 aliphatic heterocycles. The van der Waals surface area contributed by atoms with Crippen LogP contribution in [0.2, 0.25) is 0 Å². The topological polar surface area (TPSA) is 48.5 Å². The van der Waals surface area contributed by atoms with Crippen LogP contribution in [-0.4, -0.2) is 24.5 Å². The Morgan fingerprint density at radius 1 is 1.47 bits per heavy atom. The number of rotatable bonds is 4. The van der Waals surface area contributed by atoms with Gasteiger partial charge in [-0.15, -0.1) is 16.7 Å². The maximum atomic E-state index is 12.6. The first-order valence-corrected chi connectivity index (χ1v) is 5.35. The van der Waals surface area contributed by atoms with E-state index in [2.05, 4.69) is 15.3 Å². The zero-order valence-electron chi connectivity index (χ0n) is 8.96. The maximum absolute atomic E-state index is 12.6. The molecular weight excluding hydrogens is 252 g/mol. The van der Waals surface area contributed by atoms with Crippen LogP contribution in [0.3, 0.4) is 0 Å². The van der Waals surface area contributed by atoms with Crippen molar-refractivity contribution in [3.05, 3.63) is 30.1 Å². The highest BCUT2D eigenvalue weighted by Crippen LogP contribution is 2.17. The van der Waals surface area contributed by atoms with E-state index in [0.717, 1.165) is 4.57 Å². The number of alkyl halides is 3. The minimum atomic E-state index is -2.61. The molecule has 2 aromatic heterocycles. The van der Waals surface area contributed by atoms with E-state index in [4.69, 9.17) is 11.6 Å². The molecule has 0 saturated carbocycles. The van der Waals surface area contributed by atoms with Crippen molar-refractivity contribution >= 4 is 11.6 Å². The largest absolute Gasteiger partial charge is 0.319 e. The lowest BCUT2D eigenvalue weighted by Gasteiger charge is -2.05. The van der Waals surface area contributed by atoms with E-state index in [-0.39, 0.29) is 17.7 Å². The summed E-state index contributed by atoms with van der Waals surface area (Å²) in [6.07, 6.45) is 4.16. The molecule has 2 aromatic rings. The molecule has 1 unspecified atom stereocenters. The van der Waals surface area contributed by atoms with Crippen LogP contribution in [0.4, 0.5) is 8.78 Å². The van der Waals surface area contributed by atoms with Crippen LogP contribution in [0.1, 0.15) is 30.4 Å². The molecule has 0 saturated heterocycles. The quantitative estimate of drug-likeness (QED) is 0.793. The lowest BCUT2D eigenvalue weighted by molar-refractivity contribution is 0.0665. The van der Waals surface area contributed by atoms with Gasteiger partial charge in [-0.25, -0.2) is 9.67 Å². The fourth-order valence-corrected chi connectivity index (χ4v) is 1.46. The number of nitrogens with zero attached hydrogens (tertiary/aromatic N) is 5. The number of hydrogen-bond acceptors (Lipinski definition) is 3. The molecule has 17 heavy (non-hydrogen) atoms. The minimum Gasteiger partial charge on any atom is -0.276 e. The smallest absolute Gasteiger partial charge is 0.276 e. The molecule has 2 rings (SSSR count). The highest BCUT2D eigenvalue weighted by Gasteiger charge is 2.13. The van der Waals surface area contributed by atoms with Crippen molar-refractivity contribution in [2.75, 3.05) is 0 Å². The van der Waals surface area contributed by atoms with E-state index in [0.29, 0.717) is 5.69 Å². The third kappa shape index (κ3) is 2.60. The molecule has 0 aliphatic carbocycles. The van der Waals surface area contributed by atoms with Gasteiger partial charge in [0.1, 0.15) is 18.1 Å². The van der Waals surface area contributed by atoms with Crippen LogP contribution >= 0.6 is 11.6 Å². The Hall–Kier alpha value is -1.50. The van der Waals surface area contributed by atoms with Gasteiger partial charge in [-0.1, -0.05) is 5.21 Å². The molecule has 0 aromatic carbocycles. The lowest BCUT2D eigenvalue weighted by Crippen LogP contribution is -2.09. The fourth-order valence-electron chi connectivity index (χ4n) is 1.36. The Morgan fingerprint density at radius 2 is 2.24 bits per heavy atom. The number of hydrogen-bond donors (Lipinski definition) is 0. The zero-order valence-corrected chi connectivity index (χ0v) is 9.72. The van der Waals surface area contributed by atoms with E-state index in [1.165, 1.54) is 17.1 Å². The molecule has 5 nitrogen and oxygen atoms in total. The van der Waals surface area contributed by atoms with E-state index in [1.807, 2.05) is 0 Å². The molecule has 0 spiro atoms. The van der Waals surface area contributed by atoms with Crippen molar-refractivity contribution in [1.82, 2.24) is 24.5 Å². The molecule has 0 fully saturated rings. The maximum Gasteiger partial charge on any atom is 0.319 e. The van der Waals surface area contributed by atoms with Gasteiger partial charge in [0.05, 0.1) is 11.6 Å². The predicted octanol–water partition coefficient (Wildman–Crippen LogP) is 2.22. The Morgan fingerprint density at radius 3 is 2.82 bits per heavy atom. The summed E-state index contributed by atoms with van der Waals surface area (Å²) in [6, 6.07) is 0. The van der Waals surface area contributed by atoms with Crippen LogP contribution < -0.4 is 0 Å². The summed E-state index contributed by atoms with van der Waals surface area (Å²) in [4.78, 5) is 3.85. The number of imidazole rings is 1. The van der Waals surface area contributed by atoms with Crippen LogP contribution in [0, 0.1) is 0 Å². The molecule has 0 bridgehead atoms. The highest BCUT2D eigenvalue weighted by atomic mass is 35.5. The first kappa shape index (κ1) is 12.0. The van der Waals surface area contributed by atoms with Crippen LogP contribution in [-0.2, 0) is 6.54 Å². The van der Waals surface area contributed by atoms with Gasteiger partial charge in [-0.3, -0.25) is 4.57 Å². The number of halogens is 3. The summed E-state index contributed by atoms with van der Waals surface area (Å²) < 4.78 is 27.3. The third-order valence-corrected chi connectivity index (χ3v) is 2.45. The van der Waals surface area contributed by atoms with Gasteiger partial charge in [0.25, 0.3) is 0 Å². The van der Waals surface area contributed by atoms with Crippen molar-refractivity contribution in [3.8, 4) is 0 Å². The van der Waals surface area contributed by atoms with Gasteiger partial charge in [0.2, 0.25) is 0 Å². The van der Waals surface area contributed by atoms with Crippen LogP contribution in [0.5, 0.6) is 0 Å². The fraction of sp³-hybridized carbons (Fsp3) is 0.444. The Bertz CT molecular complexity index is 493. The average molecular weight is 262 g/mol. The zero-order chi connectivity index (χ0) is 12.4. The van der Waals surface area contributed by atoms with E-state index in [9.17, 15) is 8.78 Å². The first-order chi connectivity index (χ1) is 8.08. The Balaban J connectivity index is 2.17. The SMILES string of the molecule is CC(Cl)c1cn(Cc2nccn2C(F)F)nn1. The predicted molar refractivity (Wildman–Crippen MR) is 56.9 cm³/mol. The minimum absolute atomic E-state index is 0.133. The molecule has 8 heteroatoms. The van der Waals surface area contributed by atoms with Crippen LogP contribution in [0.15, 0.2) is 18.6 Å². The van der Waals surface area contributed by atoms with Gasteiger partial charge in [0, 0.05) is 12.4 Å². The van der Waals surface area contributed by atoms with E-state index >= 15 is 0 Å². The third-order valence-electron chi connectivity index (χ3n) is 2.23. The van der Waals surface area contributed by atoms with E-state index in [1.54, 1.807) is 13.1 Å². The van der Waals surface area contributed by atoms with Crippen molar-refractivity contribution in [3.63, 3.8) is 0 Å². The lowest BCUT2D eigenvalue weighted by atomic mass is 10.4. The second kappa shape index (κ2) is 4.79. The molecule has 0 radical (unpaired) electrons. The van der Waals surface area contributed by atoms with Gasteiger partial charge in [-0.2, -0.15) is 8.78 Å². The Kier molecular flexibility index (Phi) is 3.37. The first-order valence-electron chi connectivity index (χ1n) is 4.92.